The largest absolute Gasteiger partial charge is 0.339 e. The monoisotopic (exact) mass is 351 g/mol. The van der Waals surface area contributed by atoms with Crippen molar-refractivity contribution in [3.05, 3.63) is 36.2 Å². The molecule has 24 heavy (non-hydrogen) atoms. The number of rotatable bonds is 5. The molecule has 1 aromatic heterocycles. The topological polar surface area (TPSA) is 74.5 Å². The van der Waals surface area contributed by atoms with Gasteiger partial charge in [0.05, 0.1) is 13.1 Å². The predicted molar refractivity (Wildman–Crippen MR) is 92.8 cm³/mol. The smallest absolute Gasteiger partial charge is 0.241 e. The lowest BCUT2D eigenvalue weighted by Gasteiger charge is -2.28. The van der Waals surface area contributed by atoms with Crippen molar-refractivity contribution in [3.63, 3.8) is 0 Å². The lowest BCUT2D eigenvalue weighted by molar-refractivity contribution is -0.132. The summed E-state index contributed by atoms with van der Waals surface area (Å²) in [5.41, 5.74) is 0.919. The van der Waals surface area contributed by atoms with Crippen molar-refractivity contribution in [3.8, 4) is 11.4 Å². The van der Waals surface area contributed by atoms with Gasteiger partial charge in [0.25, 0.3) is 0 Å². The first-order valence-electron chi connectivity index (χ1n) is 7.77. The summed E-state index contributed by atoms with van der Waals surface area (Å²) in [4.78, 5) is 20.4. The van der Waals surface area contributed by atoms with E-state index in [-0.39, 0.29) is 18.3 Å². The fraction of sp³-hybridized carbons (Fsp3) is 0.438. The van der Waals surface area contributed by atoms with Crippen LogP contribution in [0.15, 0.2) is 34.9 Å². The quantitative estimate of drug-likeness (QED) is 0.867. The van der Waals surface area contributed by atoms with Gasteiger partial charge in [-0.15, -0.1) is 12.4 Å². The van der Waals surface area contributed by atoms with Gasteiger partial charge in [-0.3, -0.25) is 9.69 Å². The van der Waals surface area contributed by atoms with E-state index in [2.05, 4.69) is 15.5 Å². The molecule has 1 aliphatic rings. The molecule has 2 aromatic rings. The van der Waals surface area contributed by atoms with Gasteiger partial charge in [-0.05, 0) is 7.05 Å². The highest BCUT2D eigenvalue weighted by molar-refractivity contribution is 5.85. The van der Waals surface area contributed by atoms with Crippen molar-refractivity contribution in [2.45, 2.75) is 6.54 Å². The van der Waals surface area contributed by atoms with Crippen LogP contribution >= 0.6 is 12.4 Å². The summed E-state index contributed by atoms with van der Waals surface area (Å²) >= 11 is 0. The van der Waals surface area contributed by atoms with Gasteiger partial charge >= 0.3 is 0 Å². The van der Waals surface area contributed by atoms with Gasteiger partial charge in [0, 0.05) is 31.7 Å². The third-order valence-electron chi connectivity index (χ3n) is 3.78. The molecule has 0 radical (unpaired) electrons. The van der Waals surface area contributed by atoms with Crippen molar-refractivity contribution in [2.75, 3.05) is 39.8 Å². The second kappa shape index (κ2) is 8.77. The van der Waals surface area contributed by atoms with E-state index in [4.69, 9.17) is 4.52 Å². The molecule has 3 rings (SSSR count). The van der Waals surface area contributed by atoms with Crippen LogP contribution in [0.5, 0.6) is 0 Å². The van der Waals surface area contributed by atoms with Crippen molar-refractivity contribution in [1.29, 1.82) is 0 Å². The van der Waals surface area contributed by atoms with Crippen LogP contribution in [0.1, 0.15) is 5.89 Å². The van der Waals surface area contributed by atoms with Crippen LogP contribution in [0.3, 0.4) is 0 Å². The number of aromatic nitrogens is 2. The van der Waals surface area contributed by atoms with Crippen LogP contribution in [-0.4, -0.2) is 65.6 Å². The fourth-order valence-corrected chi connectivity index (χ4v) is 2.56. The van der Waals surface area contributed by atoms with Crippen LogP contribution in [0.2, 0.25) is 0 Å². The molecule has 1 N–H and O–H groups in total. The summed E-state index contributed by atoms with van der Waals surface area (Å²) in [6, 6.07) is 9.69. The van der Waals surface area contributed by atoms with E-state index >= 15 is 0 Å². The Balaban J connectivity index is 0.00000208. The maximum absolute atomic E-state index is 12.2. The molecule has 0 bridgehead atoms. The number of carbonyl (C=O) groups excluding carboxylic acids is 1. The summed E-state index contributed by atoms with van der Waals surface area (Å²) < 4.78 is 5.28. The fourth-order valence-electron chi connectivity index (χ4n) is 2.56. The zero-order valence-corrected chi connectivity index (χ0v) is 14.5. The van der Waals surface area contributed by atoms with E-state index < -0.39 is 0 Å². The second-order valence-electron chi connectivity index (χ2n) is 5.68. The Labute approximate surface area is 147 Å². The summed E-state index contributed by atoms with van der Waals surface area (Å²) in [6.45, 7) is 4.07. The average Bonchev–Trinajstić information content (AvgIpc) is 3.04. The molecule has 130 valence electrons. The Kier molecular flexibility index (Phi) is 6.72. The van der Waals surface area contributed by atoms with E-state index in [1.165, 1.54) is 0 Å². The Hall–Kier alpha value is -1.96. The van der Waals surface area contributed by atoms with Crippen molar-refractivity contribution >= 4 is 18.3 Å². The zero-order chi connectivity index (χ0) is 16.1. The Morgan fingerprint density at radius 3 is 2.71 bits per heavy atom. The minimum atomic E-state index is 0. The summed E-state index contributed by atoms with van der Waals surface area (Å²) in [5, 5.41) is 7.23. The number of likely N-dealkylation sites (N-methyl/N-ethyl adjacent to an activating group) is 1. The second-order valence-corrected chi connectivity index (χ2v) is 5.68. The van der Waals surface area contributed by atoms with Crippen molar-refractivity contribution in [1.82, 2.24) is 25.3 Å². The molecule has 0 atom stereocenters. The lowest BCUT2D eigenvalue weighted by atomic mass is 10.2. The third-order valence-corrected chi connectivity index (χ3v) is 3.78. The number of benzene rings is 1. The first-order valence-corrected chi connectivity index (χ1v) is 7.77. The molecule has 0 saturated carbocycles. The van der Waals surface area contributed by atoms with E-state index in [0.29, 0.717) is 24.8 Å². The number of nitrogens with one attached hydrogen (secondary N) is 1. The predicted octanol–water partition coefficient (Wildman–Crippen LogP) is 1.02. The first kappa shape index (κ1) is 18.4. The molecule has 0 unspecified atom stereocenters. The lowest BCUT2D eigenvalue weighted by Crippen LogP contribution is -2.49. The normalized spacial score (nSPS) is 14.5. The summed E-state index contributed by atoms with van der Waals surface area (Å²) in [6.07, 6.45) is 0. The van der Waals surface area contributed by atoms with E-state index in [0.717, 1.165) is 31.7 Å². The Morgan fingerprint density at radius 1 is 1.29 bits per heavy atom. The first-order chi connectivity index (χ1) is 11.2. The van der Waals surface area contributed by atoms with Crippen molar-refractivity contribution in [2.24, 2.45) is 0 Å². The standard InChI is InChI=1S/C16H21N5O2.ClH/c1-20(12-15(22)21-9-7-17-8-10-21)11-14-18-16(19-23-14)13-5-3-2-4-6-13;/h2-6,17H,7-12H2,1H3;1H. The molecular weight excluding hydrogens is 330 g/mol. The molecule has 8 heteroatoms. The molecule has 1 amide bonds. The van der Waals surface area contributed by atoms with Crippen molar-refractivity contribution < 1.29 is 9.32 Å². The number of hydrogen-bond donors (Lipinski definition) is 1. The Bertz CT molecular complexity index is 643. The number of amides is 1. The van der Waals surface area contributed by atoms with E-state index in [1.54, 1.807) is 0 Å². The zero-order valence-electron chi connectivity index (χ0n) is 13.6. The number of carbonyl (C=O) groups is 1. The molecule has 1 fully saturated rings. The molecule has 0 aliphatic carbocycles. The summed E-state index contributed by atoms with van der Waals surface area (Å²) in [5.74, 6) is 1.22. The van der Waals surface area contributed by atoms with Gasteiger partial charge in [0.2, 0.25) is 17.6 Å². The molecular formula is C16H22ClN5O2. The molecule has 1 saturated heterocycles. The molecule has 0 spiro atoms. The molecule has 1 aliphatic heterocycles. The van der Waals surface area contributed by atoms with Gasteiger partial charge in [-0.2, -0.15) is 4.98 Å². The van der Waals surface area contributed by atoms with Gasteiger partial charge < -0.3 is 14.7 Å². The highest BCUT2D eigenvalue weighted by Crippen LogP contribution is 2.15. The van der Waals surface area contributed by atoms with Crippen LogP contribution in [-0.2, 0) is 11.3 Å². The van der Waals surface area contributed by atoms with E-state index in [1.807, 2.05) is 47.2 Å². The maximum atomic E-state index is 12.2. The number of nitrogens with zero attached hydrogens (tertiary/aromatic N) is 4. The number of halogens is 1. The molecule has 7 nitrogen and oxygen atoms in total. The van der Waals surface area contributed by atoms with Crippen LogP contribution in [0, 0.1) is 0 Å². The molecule has 2 heterocycles. The average molecular weight is 352 g/mol. The Morgan fingerprint density at radius 2 is 2.00 bits per heavy atom. The van der Waals surface area contributed by atoms with Crippen LogP contribution in [0.4, 0.5) is 0 Å². The highest BCUT2D eigenvalue weighted by atomic mass is 35.5. The third kappa shape index (κ3) is 4.77. The van der Waals surface area contributed by atoms with Gasteiger partial charge in [0.15, 0.2) is 0 Å². The number of hydrogen-bond acceptors (Lipinski definition) is 6. The minimum Gasteiger partial charge on any atom is -0.339 e. The van der Waals surface area contributed by atoms with Crippen LogP contribution < -0.4 is 5.32 Å². The minimum absolute atomic E-state index is 0. The number of piperazine rings is 1. The maximum Gasteiger partial charge on any atom is 0.241 e. The van der Waals surface area contributed by atoms with Gasteiger partial charge in [0.1, 0.15) is 0 Å². The molecule has 1 aromatic carbocycles. The SMILES string of the molecule is CN(CC(=O)N1CCNCC1)Cc1nc(-c2ccccc2)no1.Cl. The van der Waals surface area contributed by atoms with Gasteiger partial charge in [-0.1, -0.05) is 35.5 Å². The van der Waals surface area contributed by atoms with Crippen LogP contribution in [0.25, 0.3) is 11.4 Å². The highest BCUT2D eigenvalue weighted by Gasteiger charge is 2.19. The van der Waals surface area contributed by atoms with Gasteiger partial charge in [-0.25, -0.2) is 0 Å². The summed E-state index contributed by atoms with van der Waals surface area (Å²) in [7, 11) is 1.88. The van der Waals surface area contributed by atoms with E-state index in [9.17, 15) is 4.79 Å².